The molecule has 0 aliphatic carbocycles. The summed E-state index contributed by atoms with van der Waals surface area (Å²) in [5.74, 6) is -1.37. The zero-order chi connectivity index (χ0) is 16.6. The van der Waals surface area contributed by atoms with Crippen LogP contribution in [0.5, 0.6) is 0 Å². The minimum Gasteiger partial charge on any atom is -0.477 e. The molecule has 0 spiro atoms. The van der Waals surface area contributed by atoms with Crippen LogP contribution in [0.15, 0.2) is 24.7 Å². The Kier molecular flexibility index (Phi) is 3.96. The lowest BCUT2D eigenvalue weighted by Gasteiger charge is -2.22. The van der Waals surface area contributed by atoms with Gasteiger partial charge in [-0.15, -0.1) is 0 Å². The van der Waals surface area contributed by atoms with Gasteiger partial charge in [-0.3, -0.25) is 4.68 Å². The monoisotopic (exact) mass is 339 g/mol. The first-order valence-corrected chi connectivity index (χ1v) is 8.61. The summed E-state index contributed by atoms with van der Waals surface area (Å²) in [5.41, 5.74) is 0.424. The Morgan fingerprint density at radius 1 is 1.39 bits per heavy atom. The van der Waals surface area contributed by atoms with Crippen molar-refractivity contribution in [2.24, 2.45) is 5.14 Å². The molecule has 0 radical (unpaired) electrons. The van der Waals surface area contributed by atoms with Crippen LogP contribution in [-0.2, 0) is 10.2 Å². The Morgan fingerprint density at radius 3 is 2.70 bits per heavy atom. The number of hydrogen-bond acceptors (Lipinski definition) is 5. The van der Waals surface area contributed by atoms with Crippen LogP contribution in [0, 0.1) is 0 Å². The highest BCUT2D eigenvalue weighted by Gasteiger charge is 2.24. The molecule has 0 saturated carbocycles. The number of piperidine rings is 1. The van der Waals surface area contributed by atoms with Gasteiger partial charge < -0.3 is 10.4 Å². The quantitative estimate of drug-likeness (QED) is 0.720. The van der Waals surface area contributed by atoms with Gasteiger partial charge in [-0.1, -0.05) is 0 Å². The van der Waals surface area contributed by atoms with Crippen LogP contribution in [0.2, 0.25) is 0 Å². The standard InChI is InChI=1S/C13H17N5O4S/c14-23(21,22)18-6-3-11(12(18)13(19)20)9-7-16-17(8-9)10-1-4-15-5-2-10/h3,6-8,10,15H,1-2,4-5H2,(H,19,20)(H2,14,21,22). The van der Waals surface area contributed by atoms with Gasteiger partial charge in [-0.05, 0) is 32.0 Å². The van der Waals surface area contributed by atoms with Crippen LogP contribution >= 0.6 is 0 Å². The van der Waals surface area contributed by atoms with Gasteiger partial charge in [0.1, 0.15) is 0 Å². The number of nitrogens with two attached hydrogens (primary N) is 1. The summed E-state index contributed by atoms with van der Waals surface area (Å²) >= 11 is 0. The van der Waals surface area contributed by atoms with Crippen LogP contribution in [-0.4, -0.2) is 46.3 Å². The number of carboxylic acid groups (broad SMARTS) is 1. The summed E-state index contributed by atoms with van der Waals surface area (Å²) < 4.78 is 25.4. The minimum atomic E-state index is -4.18. The number of rotatable bonds is 4. The van der Waals surface area contributed by atoms with E-state index < -0.39 is 21.9 Å². The summed E-state index contributed by atoms with van der Waals surface area (Å²) in [6, 6.07) is 1.66. The Hall–Kier alpha value is -2.17. The summed E-state index contributed by atoms with van der Waals surface area (Å²) in [5, 5.41) is 22.0. The molecule has 23 heavy (non-hydrogen) atoms. The van der Waals surface area contributed by atoms with Crippen molar-refractivity contribution in [1.82, 2.24) is 19.1 Å². The van der Waals surface area contributed by atoms with Crippen LogP contribution in [0.25, 0.3) is 11.1 Å². The molecule has 2 aromatic heterocycles. The van der Waals surface area contributed by atoms with Crippen molar-refractivity contribution >= 4 is 16.2 Å². The topological polar surface area (TPSA) is 132 Å². The fourth-order valence-electron chi connectivity index (χ4n) is 2.82. The Balaban J connectivity index is 2.01. The van der Waals surface area contributed by atoms with E-state index in [4.69, 9.17) is 5.14 Å². The van der Waals surface area contributed by atoms with Gasteiger partial charge in [0.25, 0.3) is 0 Å². The molecule has 10 heteroatoms. The molecule has 2 aromatic rings. The molecule has 3 rings (SSSR count). The lowest BCUT2D eigenvalue weighted by Crippen LogP contribution is -2.29. The lowest BCUT2D eigenvalue weighted by atomic mass is 10.1. The zero-order valence-corrected chi connectivity index (χ0v) is 13.0. The third kappa shape index (κ3) is 3.00. The first kappa shape index (κ1) is 15.7. The smallest absolute Gasteiger partial charge is 0.354 e. The van der Waals surface area contributed by atoms with Gasteiger partial charge in [0.05, 0.1) is 12.2 Å². The van der Waals surface area contributed by atoms with Crippen LogP contribution in [0.4, 0.5) is 0 Å². The normalized spacial score (nSPS) is 16.6. The van der Waals surface area contributed by atoms with Gasteiger partial charge >= 0.3 is 16.2 Å². The third-order valence-corrected chi connectivity index (χ3v) is 4.78. The van der Waals surface area contributed by atoms with Gasteiger partial charge in [0.15, 0.2) is 5.69 Å². The minimum absolute atomic E-state index is 0.249. The van der Waals surface area contributed by atoms with Crippen molar-refractivity contribution in [2.45, 2.75) is 18.9 Å². The molecule has 1 saturated heterocycles. The predicted molar refractivity (Wildman–Crippen MR) is 82.3 cm³/mol. The average molecular weight is 339 g/mol. The number of carbonyl (C=O) groups is 1. The number of carboxylic acids is 1. The van der Waals surface area contributed by atoms with E-state index in [1.165, 1.54) is 12.3 Å². The number of nitrogens with zero attached hydrogens (tertiary/aromatic N) is 3. The van der Waals surface area contributed by atoms with E-state index in [-0.39, 0.29) is 11.6 Å². The van der Waals surface area contributed by atoms with E-state index >= 15 is 0 Å². The SMILES string of the molecule is NS(=O)(=O)n1ccc(-c2cnn(C3CCNCC3)c2)c1C(=O)O. The summed E-state index contributed by atoms with van der Waals surface area (Å²) in [4.78, 5) is 11.5. The van der Waals surface area contributed by atoms with Crippen molar-refractivity contribution in [2.75, 3.05) is 13.1 Å². The van der Waals surface area contributed by atoms with Crippen molar-refractivity contribution in [3.63, 3.8) is 0 Å². The molecule has 0 aromatic carbocycles. The van der Waals surface area contributed by atoms with E-state index in [1.807, 2.05) is 0 Å². The molecule has 0 bridgehead atoms. The zero-order valence-electron chi connectivity index (χ0n) is 12.2. The van der Waals surface area contributed by atoms with Crippen molar-refractivity contribution in [3.05, 3.63) is 30.4 Å². The van der Waals surface area contributed by atoms with Crippen molar-refractivity contribution in [1.29, 1.82) is 0 Å². The second kappa shape index (κ2) is 5.80. The van der Waals surface area contributed by atoms with Gasteiger partial charge in [-0.2, -0.15) is 13.5 Å². The van der Waals surface area contributed by atoms with Gasteiger partial charge in [0.2, 0.25) is 0 Å². The highest BCUT2D eigenvalue weighted by Crippen LogP contribution is 2.27. The Bertz CT molecular complexity index is 832. The molecule has 1 aliphatic heterocycles. The maximum absolute atomic E-state index is 11.5. The van der Waals surface area contributed by atoms with Gasteiger partial charge in [0, 0.05) is 23.5 Å². The molecule has 3 heterocycles. The van der Waals surface area contributed by atoms with E-state index in [2.05, 4.69) is 10.4 Å². The van der Waals surface area contributed by atoms with Crippen molar-refractivity contribution in [3.8, 4) is 11.1 Å². The first-order chi connectivity index (χ1) is 10.9. The number of aromatic carboxylic acids is 1. The predicted octanol–water partition coefficient (Wildman–Crippen LogP) is 0.0259. The second-order valence-corrected chi connectivity index (χ2v) is 6.84. The molecule has 0 amide bonds. The molecule has 0 atom stereocenters. The molecule has 1 fully saturated rings. The van der Waals surface area contributed by atoms with Crippen LogP contribution in [0.1, 0.15) is 29.4 Å². The highest BCUT2D eigenvalue weighted by atomic mass is 32.2. The van der Waals surface area contributed by atoms with E-state index in [1.54, 1.807) is 10.9 Å². The molecular formula is C13H17N5O4S. The molecule has 124 valence electrons. The van der Waals surface area contributed by atoms with Gasteiger partial charge in [-0.25, -0.2) is 13.9 Å². The molecule has 4 N–H and O–H groups in total. The third-order valence-electron chi connectivity index (χ3n) is 3.92. The Morgan fingerprint density at radius 2 is 2.09 bits per heavy atom. The second-order valence-electron chi connectivity index (χ2n) is 5.41. The molecule has 9 nitrogen and oxygen atoms in total. The fourth-order valence-corrected chi connectivity index (χ4v) is 3.48. The van der Waals surface area contributed by atoms with E-state index in [0.29, 0.717) is 9.54 Å². The highest BCUT2D eigenvalue weighted by molar-refractivity contribution is 7.87. The fraction of sp³-hybridized carbons (Fsp3) is 0.385. The molecular weight excluding hydrogens is 322 g/mol. The average Bonchev–Trinajstić information content (AvgIpc) is 3.14. The maximum Gasteiger partial charge on any atom is 0.354 e. The van der Waals surface area contributed by atoms with E-state index in [9.17, 15) is 18.3 Å². The number of aromatic nitrogens is 3. The maximum atomic E-state index is 11.5. The summed E-state index contributed by atoms with van der Waals surface area (Å²) in [6.45, 7) is 1.81. The summed E-state index contributed by atoms with van der Waals surface area (Å²) in [6.07, 6.45) is 6.29. The molecule has 1 aliphatic rings. The largest absolute Gasteiger partial charge is 0.477 e. The van der Waals surface area contributed by atoms with Crippen LogP contribution in [0.3, 0.4) is 0 Å². The van der Waals surface area contributed by atoms with E-state index in [0.717, 1.165) is 32.1 Å². The van der Waals surface area contributed by atoms with Crippen LogP contribution < -0.4 is 10.5 Å². The summed E-state index contributed by atoms with van der Waals surface area (Å²) in [7, 11) is -4.18. The molecule has 0 unspecified atom stereocenters. The number of nitrogens with one attached hydrogen (secondary N) is 1. The Labute approximate surface area is 132 Å². The van der Waals surface area contributed by atoms with Crippen molar-refractivity contribution < 1.29 is 18.3 Å². The number of hydrogen-bond donors (Lipinski definition) is 3. The lowest BCUT2D eigenvalue weighted by molar-refractivity contribution is 0.0690. The first-order valence-electron chi connectivity index (χ1n) is 7.11.